The average molecular weight is 382 g/mol. The van der Waals surface area contributed by atoms with Crippen LogP contribution >= 0.6 is 0 Å². The molecule has 5 nitrogen and oxygen atoms in total. The second-order valence-corrected chi connectivity index (χ2v) is 7.05. The lowest BCUT2D eigenvalue weighted by Crippen LogP contribution is -2.33. The van der Waals surface area contributed by atoms with Crippen LogP contribution in [0.25, 0.3) is 11.4 Å². The number of likely N-dealkylation sites (tertiary alicyclic amines) is 1. The molecular formula is C21H20F2N4O. The molecule has 0 aliphatic carbocycles. The molecule has 4 rings (SSSR count). The van der Waals surface area contributed by atoms with E-state index in [9.17, 15) is 13.6 Å². The molecule has 7 heteroatoms. The fourth-order valence-corrected chi connectivity index (χ4v) is 3.62. The Bertz CT molecular complexity index is 1010. The van der Waals surface area contributed by atoms with Crippen LogP contribution in [0.15, 0.2) is 53.6 Å². The summed E-state index contributed by atoms with van der Waals surface area (Å²) in [5, 5.41) is 0. The van der Waals surface area contributed by atoms with Crippen molar-refractivity contribution in [3.05, 3.63) is 82.0 Å². The lowest BCUT2D eigenvalue weighted by atomic mass is 9.93. The zero-order valence-corrected chi connectivity index (χ0v) is 15.2. The first-order chi connectivity index (χ1) is 13.6. The minimum Gasteiger partial charge on any atom is -0.306 e. The molecule has 0 bridgehead atoms. The number of rotatable bonds is 4. The van der Waals surface area contributed by atoms with E-state index in [0.717, 1.165) is 49.3 Å². The summed E-state index contributed by atoms with van der Waals surface area (Å²) in [7, 11) is 0. The van der Waals surface area contributed by atoms with Gasteiger partial charge in [-0.15, -0.1) is 0 Å². The number of pyridine rings is 1. The SMILES string of the molecule is O=c1cc(C2CCN(Cc3cc(F)ccc3F)CC2)nc(-c2cccnc2)[nH]1. The highest BCUT2D eigenvalue weighted by atomic mass is 19.1. The number of piperidine rings is 1. The molecule has 1 aliphatic heterocycles. The topological polar surface area (TPSA) is 61.9 Å². The molecule has 1 fully saturated rings. The fraction of sp³-hybridized carbons (Fsp3) is 0.286. The molecule has 0 atom stereocenters. The quantitative estimate of drug-likeness (QED) is 0.750. The number of nitrogens with one attached hydrogen (secondary N) is 1. The summed E-state index contributed by atoms with van der Waals surface area (Å²) in [4.78, 5) is 25.7. The van der Waals surface area contributed by atoms with E-state index in [1.54, 1.807) is 24.5 Å². The first-order valence-electron chi connectivity index (χ1n) is 9.26. The van der Waals surface area contributed by atoms with E-state index in [-0.39, 0.29) is 17.3 Å². The lowest BCUT2D eigenvalue weighted by molar-refractivity contribution is 0.201. The summed E-state index contributed by atoms with van der Waals surface area (Å²) in [6.07, 6.45) is 4.94. The second kappa shape index (κ2) is 7.98. The predicted molar refractivity (Wildman–Crippen MR) is 102 cm³/mol. The van der Waals surface area contributed by atoms with Crippen LogP contribution in [0.3, 0.4) is 0 Å². The van der Waals surface area contributed by atoms with Crippen LogP contribution in [0.1, 0.15) is 30.0 Å². The van der Waals surface area contributed by atoms with Crippen molar-refractivity contribution < 1.29 is 8.78 Å². The highest BCUT2D eigenvalue weighted by Crippen LogP contribution is 2.28. The number of H-pyrrole nitrogens is 1. The van der Waals surface area contributed by atoms with Gasteiger partial charge in [0.15, 0.2) is 0 Å². The number of aromatic amines is 1. The van der Waals surface area contributed by atoms with E-state index in [0.29, 0.717) is 17.9 Å². The Labute approximate surface area is 161 Å². The summed E-state index contributed by atoms with van der Waals surface area (Å²) in [5.41, 5.74) is 1.71. The van der Waals surface area contributed by atoms with Crippen LogP contribution in [0.4, 0.5) is 8.78 Å². The summed E-state index contributed by atoms with van der Waals surface area (Å²) >= 11 is 0. The standard InChI is InChI=1S/C21H20F2N4O/c22-17-3-4-18(23)16(10-17)13-27-8-5-14(6-9-27)19-11-20(28)26-21(25-19)15-2-1-7-24-12-15/h1-4,7,10-12,14H,5-6,8-9,13H2,(H,25,26,28). The van der Waals surface area contributed by atoms with Gasteiger partial charge in [-0.2, -0.15) is 0 Å². The Kier molecular flexibility index (Phi) is 5.25. The predicted octanol–water partition coefficient (Wildman–Crippen LogP) is 3.49. The van der Waals surface area contributed by atoms with E-state index < -0.39 is 5.82 Å². The molecule has 1 aliphatic rings. The van der Waals surface area contributed by atoms with Gasteiger partial charge in [-0.1, -0.05) is 0 Å². The highest BCUT2D eigenvalue weighted by molar-refractivity contribution is 5.52. The van der Waals surface area contributed by atoms with E-state index in [4.69, 9.17) is 0 Å². The third-order valence-electron chi connectivity index (χ3n) is 5.10. The maximum atomic E-state index is 13.9. The third kappa shape index (κ3) is 4.14. The van der Waals surface area contributed by atoms with Crippen LogP contribution in [-0.2, 0) is 6.54 Å². The smallest absolute Gasteiger partial charge is 0.251 e. The van der Waals surface area contributed by atoms with Gasteiger partial charge < -0.3 is 4.98 Å². The normalized spacial score (nSPS) is 15.6. The van der Waals surface area contributed by atoms with Crippen molar-refractivity contribution in [3.63, 3.8) is 0 Å². The molecule has 0 radical (unpaired) electrons. The Morgan fingerprint density at radius 2 is 1.96 bits per heavy atom. The number of nitrogens with zero attached hydrogens (tertiary/aromatic N) is 3. The number of hydrogen-bond donors (Lipinski definition) is 1. The molecular weight excluding hydrogens is 362 g/mol. The van der Waals surface area contributed by atoms with Gasteiger partial charge in [0, 0.05) is 42.0 Å². The van der Waals surface area contributed by atoms with Gasteiger partial charge in [-0.05, 0) is 56.3 Å². The van der Waals surface area contributed by atoms with E-state index in [1.165, 1.54) is 6.07 Å². The van der Waals surface area contributed by atoms with E-state index >= 15 is 0 Å². The fourth-order valence-electron chi connectivity index (χ4n) is 3.62. The lowest BCUT2D eigenvalue weighted by Gasteiger charge is -2.31. The second-order valence-electron chi connectivity index (χ2n) is 7.05. The molecule has 144 valence electrons. The van der Waals surface area contributed by atoms with Crippen LogP contribution in [-0.4, -0.2) is 32.9 Å². The first-order valence-corrected chi connectivity index (χ1v) is 9.26. The van der Waals surface area contributed by atoms with Gasteiger partial charge in [-0.3, -0.25) is 14.7 Å². The molecule has 0 unspecified atom stereocenters. The minimum absolute atomic E-state index is 0.159. The molecule has 3 heterocycles. The highest BCUT2D eigenvalue weighted by Gasteiger charge is 2.23. The Morgan fingerprint density at radius 1 is 1.14 bits per heavy atom. The molecule has 1 aromatic carbocycles. The van der Waals surface area contributed by atoms with Crippen molar-refractivity contribution in [2.75, 3.05) is 13.1 Å². The monoisotopic (exact) mass is 382 g/mol. The van der Waals surface area contributed by atoms with Crippen molar-refractivity contribution in [1.82, 2.24) is 19.9 Å². The van der Waals surface area contributed by atoms with Crippen molar-refractivity contribution >= 4 is 0 Å². The maximum absolute atomic E-state index is 13.9. The van der Waals surface area contributed by atoms with Crippen LogP contribution in [0, 0.1) is 11.6 Å². The first kappa shape index (κ1) is 18.4. The molecule has 0 saturated carbocycles. The third-order valence-corrected chi connectivity index (χ3v) is 5.10. The maximum Gasteiger partial charge on any atom is 0.251 e. The Balaban J connectivity index is 1.46. The zero-order valence-electron chi connectivity index (χ0n) is 15.2. The zero-order chi connectivity index (χ0) is 19.5. The van der Waals surface area contributed by atoms with Crippen molar-refractivity contribution in [2.24, 2.45) is 0 Å². The number of halogens is 2. The van der Waals surface area contributed by atoms with Gasteiger partial charge in [0.25, 0.3) is 5.56 Å². The number of hydrogen-bond acceptors (Lipinski definition) is 4. The van der Waals surface area contributed by atoms with Gasteiger partial charge >= 0.3 is 0 Å². The van der Waals surface area contributed by atoms with Gasteiger partial charge in [0.05, 0.1) is 5.69 Å². The molecule has 28 heavy (non-hydrogen) atoms. The minimum atomic E-state index is -0.429. The van der Waals surface area contributed by atoms with Crippen molar-refractivity contribution in [1.29, 1.82) is 0 Å². The van der Waals surface area contributed by atoms with Gasteiger partial charge in [0.2, 0.25) is 0 Å². The van der Waals surface area contributed by atoms with Crippen molar-refractivity contribution in [2.45, 2.75) is 25.3 Å². The van der Waals surface area contributed by atoms with Gasteiger partial charge in [-0.25, -0.2) is 13.8 Å². The summed E-state index contributed by atoms with van der Waals surface area (Å²) in [5.74, 6) is -0.144. The summed E-state index contributed by atoms with van der Waals surface area (Å²) < 4.78 is 27.2. The molecule has 0 spiro atoms. The summed E-state index contributed by atoms with van der Waals surface area (Å²) in [6.45, 7) is 1.84. The molecule has 1 N–H and O–H groups in total. The molecule has 2 aromatic heterocycles. The van der Waals surface area contributed by atoms with E-state index in [2.05, 4.69) is 19.9 Å². The Hall–Kier alpha value is -2.93. The van der Waals surface area contributed by atoms with Crippen LogP contribution in [0.5, 0.6) is 0 Å². The van der Waals surface area contributed by atoms with Gasteiger partial charge in [0.1, 0.15) is 17.5 Å². The van der Waals surface area contributed by atoms with Crippen LogP contribution in [0.2, 0.25) is 0 Å². The van der Waals surface area contributed by atoms with Crippen molar-refractivity contribution in [3.8, 4) is 11.4 Å². The Morgan fingerprint density at radius 3 is 2.71 bits per heavy atom. The number of benzene rings is 1. The molecule has 0 amide bonds. The number of aromatic nitrogens is 3. The average Bonchev–Trinajstić information content (AvgIpc) is 2.71. The van der Waals surface area contributed by atoms with Crippen LogP contribution < -0.4 is 5.56 Å². The largest absolute Gasteiger partial charge is 0.306 e. The van der Waals surface area contributed by atoms with E-state index in [1.807, 2.05) is 6.07 Å². The molecule has 1 saturated heterocycles. The summed E-state index contributed by atoms with van der Waals surface area (Å²) in [6, 6.07) is 8.74. The molecule has 3 aromatic rings.